The van der Waals surface area contributed by atoms with Crippen LogP contribution in [0.4, 0.5) is 0 Å². The van der Waals surface area contributed by atoms with Crippen LogP contribution in [-0.2, 0) is 28.6 Å². The topological polar surface area (TPSA) is 78.9 Å². The molecule has 0 aliphatic rings. The fourth-order valence-corrected chi connectivity index (χ4v) is 9.23. The summed E-state index contributed by atoms with van der Waals surface area (Å²) >= 11 is 0. The van der Waals surface area contributed by atoms with Gasteiger partial charge in [0.2, 0.25) is 0 Å². The molecule has 6 nitrogen and oxygen atoms in total. The van der Waals surface area contributed by atoms with Crippen LogP contribution < -0.4 is 0 Å². The number of carbonyl (C=O) groups excluding carboxylic acids is 3. The summed E-state index contributed by atoms with van der Waals surface area (Å²) in [5.41, 5.74) is 0. The number of hydrogen-bond donors (Lipinski definition) is 0. The Labute approximate surface area is 477 Å². The lowest BCUT2D eigenvalue weighted by Gasteiger charge is -2.18. The first-order chi connectivity index (χ1) is 38.0. The number of esters is 3. The molecule has 0 saturated heterocycles. The van der Waals surface area contributed by atoms with Crippen molar-refractivity contribution in [2.75, 3.05) is 13.2 Å². The molecule has 0 bridgehead atoms. The van der Waals surface area contributed by atoms with Crippen molar-refractivity contribution in [3.05, 3.63) is 97.2 Å². The van der Waals surface area contributed by atoms with Gasteiger partial charge in [0, 0.05) is 12.8 Å². The van der Waals surface area contributed by atoms with Gasteiger partial charge >= 0.3 is 17.9 Å². The maximum Gasteiger partial charge on any atom is 0.309 e. The first-order valence-electron chi connectivity index (χ1n) is 32.7. The van der Waals surface area contributed by atoms with Gasteiger partial charge in [-0.25, -0.2) is 0 Å². The molecule has 0 rings (SSSR count). The second-order valence-electron chi connectivity index (χ2n) is 21.7. The van der Waals surface area contributed by atoms with Crippen LogP contribution in [0.1, 0.15) is 316 Å². The van der Waals surface area contributed by atoms with Crippen LogP contribution in [-0.4, -0.2) is 37.2 Å². The van der Waals surface area contributed by atoms with Gasteiger partial charge < -0.3 is 14.2 Å². The summed E-state index contributed by atoms with van der Waals surface area (Å²) in [6.07, 6.45) is 87.3. The van der Waals surface area contributed by atoms with E-state index in [1.807, 2.05) is 6.08 Å². The second kappa shape index (κ2) is 64.9. The number of rotatable bonds is 59. The molecule has 442 valence electrons. The van der Waals surface area contributed by atoms with Crippen molar-refractivity contribution in [3.8, 4) is 0 Å². The molecule has 0 spiro atoms. The van der Waals surface area contributed by atoms with E-state index < -0.39 is 12.1 Å². The average molecular weight is 1070 g/mol. The number of unbranched alkanes of at least 4 members (excludes halogenated alkanes) is 33. The molecule has 0 aromatic rings. The quantitative estimate of drug-likeness (QED) is 0.0261. The molecule has 77 heavy (non-hydrogen) atoms. The summed E-state index contributed by atoms with van der Waals surface area (Å²) in [6, 6.07) is 0. The maximum atomic E-state index is 12.9. The Balaban J connectivity index is 4.39. The van der Waals surface area contributed by atoms with Gasteiger partial charge in [0.15, 0.2) is 6.10 Å². The molecule has 0 heterocycles. The van der Waals surface area contributed by atoms with Crippen molar-refractivity contribution in [2.45, 2.75) is 322 Å². The Hall–Kier alpha value is -3.67. The molecule has 0 radical (unpaired) electrons. The zero-order chi connectivity index (χ0) is 55.7. The van der Waals surface area contributed by atoms with Crippen LogP contribution in [0.5, 0.6) is 0 Å². The number of allylic oxidation sites excluding steroid dienone is 15. The summed E-state index contributed by atoms with van der Waals surface area (Å²) in [7, 11) is 0. The molecular weight excluding hydrogens is 949 g/mol. The average Bonchev–Trinajstić information content (AvgIpc) is 3.43. The van der Waals surface area contributed by atoms with Gasteiger partial charge in [0.05, 0.1) is 6.42 Å². The minimum Gasteiger partial charge on any atom is -0.462 e. The van der Waals surface area contributed by atoms with Gasteiger partial charge in [-0.2, -0.15) is 0 Å². The van der Waals surface area contributed by atoms with Crippen molar-refractivity contribution in [3.63, 3.8) is 0 Å². The van der Waals surface area contributed by atoms with Crippen LogP contribution in [0.2, 0.25) is 0 Å². The summed E-state index contributed by atoms with van der Waals surface area (Å²) in [5, 5.41) is 0. The maximum absolute atomic E-state index is 12.9. The fourth-order valence-electron chi connectivity index (χ4n) is 9.23. The summed E-state index contributed by atoms with van der Waals surface area (Å²) in [6.45, 7) is 6.46. The second-order valence-corrected chi connectivity index (χ2v) is 21.7. The third-order valence-corrected chi connectivity index (χ3v) is 14.1. The number of hydrogen-bond acceptors (Lipinski definition) is 6. The standard InChI is InChI=1S/C71H122O6/c1-4-7-10-13-16-19-22-25-28-30-32-33-34-35-36-37-39-40-43-46-49-52-55-58-61-64-70(73)76-67-68(66-75-69(72)63-60-57-54-51-48-45-42-27-24-21-18-15-12-9-6-3)77-71(74)65-62-59-56-53-50-47-44-41-38-31-29-26-23-20-17-14-11-8-5-2/h9,12,18,21-22,25,27,30,32,34-35,42,48,51,57,60,68H,4-8,10-11,13-17,19-20,23-24,26,28-29,31,33,36-41,43-47,49-50,52-56,58-59,61-67H2,1-3H3/b12-9-,21-18-,25-22-,32-30-,35-34-,42-27-,51-48-,60-57-. The highest BCUT2D eigenvalue weighted by molar-refractivity contribution is 5.72. The van der Waals surface area contributed by atoms with Crippen molar-refractivity contribution in [2.24, 2.45) is 0 Å². The normalized spacial score (nSPS) is 12.7. The lowest BCUT2D eigenvalue weighted by atomic mass is 10.0. The van der Waals surface area contributed by atoms with E-state index in [-0.39, 0.29) is 31.6 Å². The zero-order valence-electron chi connectivity index (χ0n) is 50.7. The molecule has 1 atom stereocenters. The van der Waals surface area contributed by atoms with E-state index in [0.717, 1.165) is 83.5 Å². The van der Waals surface area contributed by atoms with Gasteiger partial charge in [0.1, 0.15) is 13.2 Å². The minimum atomic E-state index is -0.819. The SMILES string of the molecule is CC/C=C\C/C=C\C/C=C\C/C=C\C/C=C\CC(=O)OCC(COC(=O)CCCCCCCCCCCC/C=C\C/C=C\C/C=C\CCCCCCC)OC(=O)CCCCCCCCCCCCCCCCCCCCC. The lowest BCUT2D eigenvalue weighted by molar-refractivity contribution is -0.166. The third-order valence-electron chi connectivity index (χ3n) is 14.1. The number of ether oxygens (including phenoxy) is 3. The summed E-state index contributed by atoms with van der Waals surface area (Å²) in [5.74, 6) is -1.03. The van der Waals surface area contributed by atoms with E-state index in [4.69, 9.17) is 14.2 Å². The molecule has 6 heteroatoms. The number of carbonyl (C=O) groups is 3. The van der Waals surface area contributed by atoms with Crippen molar-refractivity contribution >= 4 is 17.9 Å². The van der Waals surface area contributed by atoms with E-state index in [9.17, 15) is 14.4 Å². The molecular formula is C71H122O6. The van der Waals surface area contributed by atoms with Gasteiger partial charge in [-0.3, -0.25) is 14.4 Å². The Morgan fingerprint density at radius 3 is 0.909 bits per heavy atom. The van der Waals surface area contributed by atoms with Gasteiger partial charge in [-0.1, -0.05) is 311 Å². The molecule has 0 saturated carbocycles. The molecule has 0 N–H and O–H groups in total. The molecule has 0 aliphatic carbocycles. The van der Waals surface area contributed by atoms with E-state index in [1.54, 1.807) is 6.08 Å². The Morgan fingerprint density at radius 1 is 0.286 bits per heavy atom. The van der Waals surface area contributed by atoms with Crippen molar-refractivity contribution < 1.29 is 28.6 Å². The molecule has 0 aliphatic heterocycles. The molecule has 0 fully saturated rings. The fraction of sp³-hybridized carbons (Fsp3) is 0.732. The molecule has 0 aromatic carbocycles. The van der Waals surface area contributed by atoms with Crippen LogP contribution in [0, 0.1) is 0 Å². The van der Waals surface area contributed by atoms with Gasteiger partial charge in [-0.15, -0.1) is 0 Å². The lowest BCUT2D eigenvalue weighted by Crippen LogP contribution is -2.30. The highest BCUT2D eigenvalue weighted by Gasteiger charge is 2.19. The van der Waals surface area contributed by atoms with Crippen molar-refractivity contribution in [1.29, 1.82) is 0 Å². The first kappa shape index (κ1) is 73.3. The highest BCUT2D eigenvalue weighted by Crippen LogP contribution is 2.17. The van der Waals surface area contributed by atoms with Crippen molar-refractivity contribution in [1.82, 2.24) is 0 Å². The minimum absolute atomic E-state index is 0.107. The Morgan fingerprint density at radius 2 is 0.558 bits per heavy atom. The monoisotopic (exact) mass is 1070 g/mol. The van der Waals surface area contributed by atoms with Crippen LogP contribution in [0.15, 0.2) is 97.2 Å². The van der Waals surface area contributed by atoms with Crippen LogP contribution in [0.3, 0.4) is 0 Å². The molecule has 0 amide bonds. The Bertz CT molecular complexity index is 1510. The smallest absolute Gasteiger partial charge is 0.309 e. The van der Waals surface area contributed by atoms with Crippen LogP contribution in [0.25, 0.3) is 0 Å². The highest BCUT2D eigenvalue weighted by atomic mass is 16.6. The van der Waals surface area contributed by atoms with Gasteiger partial charge in [-0.05, 0) is 83.5 Å². The molecule has 0 aromatic heterocycles. The summed E-state index contributed by atoms with van der Waals surface area (Å²) < 4.78 is 16.8. The largest absolute Gasteiger partial charge is 0.462 e. The Kier molecular flexibility index (Phi) is 61.8. The third kappa shape index (κ3) is 63.0. The first-order valence-corrected chi connectivity index (χ1v) is 32.7. The predicted molar refractivity (Wildman–Crippen MR) is 334 cm³/mol. The predicted octanol–water partition coefficient (Wildman–Crippen LogP) is 22.4. The van der Waals surface area contributed by atoms with E-state index in [0.29, 0.717) is 12.8 Å². The summed E-state index contributed by atoms with van der Waals surface area (Å²) in [4.78, 5) is 38.3. The van der Waals surface area contributed by atoms with E-state index in [1.165, 1.54) is 193 Å². The van der Waals surface area contributed by atoms with Crippen LogP contribution >= 0.6 is 0 Å². The van der Waals surface area contributed by atoms with E-state index >= 15 is 0 Å². The zero-order valence-corrected chi connectivity index (χ0v) is 50.7. The molecule has 1 unspecified atom stereocenters. The van der Waals surface area contributed by atoms with E-state index in [2.05, 4.69) is 106 Å². The van der Waals surface area contributed by atoms with Gasteiger partial charge in [0.25, 0.3) is 0 Å².